The van der Waals surface area contributed by atoms with Crippen LogP contribution in [0.3, 0.4) is 0 Å². The van der Waals surface area contributed by atoms with Gasteiger partial charge in [0.2, 0.25) is 0 Å². The number of ether oxygens (including phenoxy) is 1. The minimum Gasteiger partial charge on any atom is -0.379 e. The van der Waals surface area contributed by atoms with E-state index in [4.69, 9.17) is 4.74 Å². The summed E-state index contributed by atoms with van der Waals surface area (Å²) in [5, 5.41) is 0. The first-order valence-corrected chi connectivity index (χ1v) is 7.87. The van der Waals surface area contributed by atoms with Crippen molar-refractivity contribution in [1.29, 1.82) is 0 Å². The highest BCUT2D eigenvalue weighted by atomic mass is 33.1. The minimum absolute atomic E-state index is 0.908. The van der Waals surface area contributed by atoms with Crippen LogP contribution in [0, 0.1) is 0 Å². The van der Waals surface area contributed by atoms with Gasteiger partial charge in [-0.3, -0.25) is 4.90 Å². The van der Waals surface area contributed by atoms with Gasteiger partial charge < -0.3 is 9.73 Å². The highest BCUT2D eigenvalue weighted by Gasteiger charge is 2.08. The van der Waals surface area contributed by atoms with Crippen LogP contribution < -0.4 is 0 Å². The maximum atomic E-state index is 5.30. The third-order valence-corrected chi connectivity index (χ3v) is 4.61. The number of aliphatic imine (C=N–C) groups is 1. The first-order chi connectivity index (χ1) is 7.43. The van der Waals surface area contributed by atoms with Crippen LogP contribution in [0.15, 0.2) is 4.99 Å². The van der Waals surface area contributed by atoms with Crippen molar-refractivity contribution in [2.24, 2.45) is 4.99 Å². The molecule has 0 aromatic carbocycles. The lowest BCUT2D eigenvalue weighted by atomic mass is 10.4. The van der Waals surface area contributed by atoms with Crippen molar-refractivity contribution in [1.82, 2.24) is 4.90 Å². The van der Waals surface area contributed by atoms with Gasteiger partial charge in [-0.2, -0.15) is 0 Å². The summed E-state index contributed by atoms with van der Waals surface area (Å²) >= 11 is 0. The van der Waals surface area contributed by atoms with E-state index < -0.39 is 0 Å². The van der Waals surface area contributed by atoms with Gasteiger partial charge in [-0.1, -0.05) is 21.6 Å². The Labute approximate surface area is 100 Å². The Morgan fingerprint density at radius 1 is 1.27 bits per heavy atom. The van der Waals surface area contributed by atoms with Crippen molar-refractivity contribution in [3.05, 3.63) is 0 Å². The van der Waals surface area contributed by atoms with Crippen molar-refractivity contribution in [3.63, 3.8) is 0 Å². The van der Waals surface area contributed by atoms with Gasteiger partial charge in [-0.05, 0) is 12.6 Å². The largest absolute Gasteiger partial charge is 0.379 e. The summed E-state index contributed by atoms with van der Waals surface area (Å²) in [4.78, 5) is 6.43. The molecule has 88 valence electrons. The SMILES string of the molecule is CN=CCCSSCCN1CCOCC1. The maximum absolute atomic E-state index is 5.30. The van der Waals surface area contributed by atoms with Gasteiger partial charge in [-0.25, -0.2) is 0 Å². The molecule has 1 saturated heterocycles. The molecular formula is C10H20N2OS2. The van der Waals surface area contributed by atoms with Crippen LogP contribution in [0.2, 0.25) is 0 Å². The summed E-state index contributed by atoms with van der Waals surface area (Å²) in [6.07, 6.45) is 3.07. The lowest BCUT2D eigenvalue weighted by molar-refractivity contribution is 0.0410. The number of rotatable bonds is 7. The standard InChI is InChI=1S/C10H20N2OS2/c1-11-3-2-9-14-15-10-6-12-4-7-13-8-5-12/h3H,2,4-10H2,1H3. The predicted molar refractivity (Wildman–Crippen MR) is 71.2 cm³/mol. The maximum Gasteiger partial charge on any atom is 0.0594 e. The van der Waals surface area contributed by atoms with E-state index in [-0.39, 0.29) is 0 Å². The monoisotopic (exact) mass is 248 g/mol. The van der Waals surface area contributed by atoms with Crippen LogP contribution in [-0.2, 0) is 4.74 Å². The molecule has 0 bridgehead atoms. The molecule has 0 atom stereocenters. The van der Waals surface area contributed by atoms with Gasteiger partial charge in [0.25, 0.3) is 0 Å². The molecule has 0 unspecified atom stereocenters. The summed E-state index contributed by atoms with van der Waals surface area (Å²) in [6.45, 7) is 5.22. The number of hydrogen-bond donors (Lipinski definition) is 0. The molecule has 0 aliphatic carbocycles. The van der Waals surface area contributed by atoms with Crippen molar-refractivity contribution < 1.29 is 4.74 Å². The second kappa shape index (κ2) is 9.51. The van der Waals surface area contributed by atoms with Crippen LogP contribution in [0.25, 0.3) is 0 Å². The van der Waals surface area contributed by atoms with Crippen LogP contribution >= 0.6 is 21.6 Å². The fourth-order valence-corrected chi connectivity index (χ4v) is 3.33. The zero-order valence-electron chi connectivity index (χ0n) is 9.35. The quantitative estimate of drug-likeness (QED) is 0.389. The smallest absolute Gasteiger partial charge is 0.0594 e. The molecule has 1 aliphatic rings. The molecule has 5 heteroatoms. The first-order valence-electron chi connectivity index (χ1n) is 5.38. The second-order valence-electron chi connectivity index (χ2n) is 3.33. The molecule has 1 heterocycles. The highest BCUT2D eigenvalue weighted by Crippen LogP contribution is 2.21. The molecule has 0 aromatic rings. The lowest BCUT2D eigenvalue weighted by Gasteiger charge is -2.26. The molecule has 1 rings (SSSR count). The molecule has 0 N–H and O–H groups in total. The predicted octanol–water partition coefficient (Wildman–Crippen LogP) is 1.79. The van der Waals surface area contributed by atoms with Crippen LogP contribution in [0.1, 0.15) is 6.42 Å². The van der Waals surface area contributed by atoms with Crippen molar-refractivity contribution in [3.8, 4) is 0 Å². The molecule has 1 fully saturated rings. The summed E-state index contributed by atoms with van der Waals surface area (Å²) < 4.78 is 5.30. The number of morpholine rings is 1. The van der Waals surface area contributed by atoms with Gasteiger partial charge in [0.05, 0.1) is 13.2 Å². The van der Waals surface area contributed by atoms with Crippen LogP contribution in [0.4, 0.5) is 0 Å². The third kappa shape index (κ3) is 7.22. The van der Waals surface area contributed by atoms with E-state index in [0.29, 0.717) is 0 Å². The Balaban J connectivity index is 1.83. The molecule has 15 heavy (non-hydrogen) atoms. The van der Waals surface area contributed by atoms with E-state index in [2.05, 4.69) is 9.89 Å². The topological polar surface area (TPSA) is 24.8 Å². The van der Waals surface area contributed by atoms with E-state index in [1.165, 1.54) is 18.1 Å². The van der Waals surface area contributed by atoms with E-state index >= 15 is 0 Å². The fourth-order valence-electron chi connectivity index (χ4n) is 1.34. The van der Waals surface area contributed by atoms with E-state index in [1.807, 2.05) is 34.9 Å². The Hall–Kier alpha value is 0.290. The van der Waals surface area contributed by atoms with E-state index in [1.54, 1.807) is 0 Å². The van der Waals surface area contributed by atoms with Gasteiger partial charge in [-0.15, -0.1) is 0 Å². The van der Waals surface area contributed by atoms with Crippen LogP contribution in [0.5, 0.6) is 0 Å². The molecule has 0 amide bonds. The van der Waals surface area contributed by atoms with Gasteiger partial charge in [0, 0.05) is 38.2 Å². The summed E-state index contributed by atoms with van der Waals surface area (Å²) in [5.41, 5.74) is 0. The normalized spacial score (nSPS) is 18.7. The van der Waals surface area contributed by atoms with Crippen molar-refractivity contribution in [2.45, 2.75) is 6.42 Å². The first kappa shape index (κ1) is 13.4. The minimum atomic E-state index is 0.908. The molecule has 0 aromatic heterocycles. The van der Waals surface area contributed by atoms with Crippen molar-refractivity contribution in [2.75, 3.05) is 51.4 Å². The summed E-state index contributed by atoms with van der Waals surface area (Å²) in [5.74, 6) is 2.39. The lowest BCUT2D eigenvalue weighted by Crippen LogP contribution is -2.37. The van der Waals surface area contributed by atoms with Crippen LogP contribution in [-0.4, -0.2) is 62.5 Å². The second-order valence-corrected chi connectivity index (χ2v) is 6.03. The molecule has 1 aliphatic heterocycles. The summed E-state index contributed by atoms with van der Waals surface area (Å²) in [7, 11) is 5.75. The highest BCUT2D eigenvalue weighted by molar-refractivity contribution is 8.76. The van der Waals surface area contributed by atoms with Gasteiger partial charge >= 0.3 is 0 Å². The number of nitrogens with zero attached hydrogens (tertiary/aromatic N) is 2. The molecule has 3 nitrogen and oxygen atoms in total. The summed E-state index contributed by atoms with van der Waals surface area (Å²) in [6, 6.07) is 0. The zero-order valence-corrected chi connectivity index (χ0v) is 11.0. The Bertz CT molecular complexity index is 173. The zero-order chi connectivity index (χ0) is 10.8. The molecule has 0 spiro atoms. The Morgan fingerprint density at radius 3 is 2.73 bits per heavy atom. The Morgan fingerprint density at radius 2 is 2.00 bits per heavy atom. The van der Waals surface area contributed by atoms with E-state index in [0.717, 1.165) is 32.7 Å². The average Bonchev–Trinajstić information content (AvgIpc) is 2.29. The average molecular weight is 248 g/mol. The molecular weight excluding hydrogens is 228 g/mol. The van der Waals surface area contributed by atoms with Gasteiger partial charge in [0.15, 0.2) is 0 Å². The Kier molecular flexibility index (Phi) is 8.47. The van der Waals surface area contributed by atoms with Gasteiger partial charge in [0.1, 0.15) is 0 Å². The third-order valence-electron chi connectivity index (χ3n) is 2.19. The molecule has 0 radical (unpaired) electrons. The fraction of sp³-hybridized carbons (Fsp3) is 0.900. The van der Waals surface area contributed by atoms with Crippen molar-refractivity contribution >= 4 is 27.8 Å². The van der Waals surface area contributed by atoms with E-state index in [9.17, 15) is 0 Å². The molecule has 0 saturated carbocycles. The number of hydrogen-bond acceptors (Lipinski definition) is 5.